The van der Waals surface area contributed by atoms with Gasteiger partial charge >= 0.3 is 0 Å². The number of carbonyl (C=O) groups is 2. The van der Waals surface area contributed by atoms with E-state index in [1.54, 1.807) is 6.07 Å². The van der Waals surface area contributed by atoms with E-state index in [1.807, 2.05) is 13.8 Å². The van der Waals surface area contributed by atoms with Crippen LogP contribution >= 0.6 is 0 Å². The fourth-order valence-electron chi connectivity index (χ4n) is 4.36. The molecule has 29 heavy (non-hydrogen) atoms. The number of fused-ring (bicyclic) bond motifs is 2. The molecule has 1 aromatic rings. The van der Waals surface area contributed by atoms with E-state index in [9.17, 15) is 19.7 Å². The molecule has 2 amide bonds. The summed E-state index contributed by atoms with van der Waals surface area (Å²) < 4.78 is 0. The minimum absolute atomic E-state index is 0.0479. The van der Waals surface area contributed by atoms with Gasteiger partial charge in [-0.05, 0) is 58.7 Å². The van der Waals surface area contributed by atoms with Crippen LogP contribution in [0.3, 0.4) is 0 Å². The van der Waals surface area contributed by atoms with E-state index >= 15 is 0 Å². The molecule has 0 spiro atoms. The Kier molecular flexibility index (Phi) is 6.36. The van der Waals surface area contributed by atoms with Crippen molar-refractivity contribution < 1.29 is 14.5 Å². The molecule has 2 saturated heterocycles. The Bertz CT molecular complexity index is 783. The first-order valence-corrected chi connectivity index (χ1v) is 10.1. The molecule has 158 valence electrons. The first-order valence-electron chi connectivity index (χ1n) is 10.1. The van der Waals surface area contributed by atoms with Gasteiger partial charge < -0.3 is 20.9 Å². The van der Waals surface area contributed by atoms with Gasteiger partial charge in [-0.3, -0.25) is 19.7 Å². The van der Waals surface area contributed by atoms with Crippen LogP contribution < -0.4 is 16.0 Å². The highest BCUT2D eigenvalue weighted by Crippen LogP contribution is 2.35. The molecule has 2 fully saturated rings. The van der Waals surface area contributed by atoms with Crippen molar-refractivity contribution in [2.24, 2.45) is 0 Å². The number of benzene rings is 1. The van der Waals surface area contributed by atoms with E-state index in [1.165, 1.54) is 25.0 Å². The van der Waals surface area contributed by atoms with Crippen molar-refractivity contribution >= 4 is 23.2 Å². The molecule has 0 saturated carbocycles. The van der Waals surface area contributed by atoms with Gasteiger partial charge in [0.2, 0.25) is 5.91 Å². The Hall–Kier alpha value is -2.68. The number of anilines is 1. The normalized spacial score (nSPS) is 23.7. The van der Waals surface area contributed by atoms with Gasteiger partial charge in [0.05, 0.1) is 11.5 Å². The minimum Gasteiger partial charge on any atom is -0.382 e. The molecule has 2 bridgehead atoms. The van der Waals surface area contributed by atoms with Crippen LogP contribution in [0.2, 0.25) is 0 Å². The number of nitrogens with one attached hydrogen (secondary N) is 3. The molecule has 0 aromatic heterocycles. The third-order valence-corrected chi connectivity index (χ3v) is 5.77. The SMILES string of the molecule is CC(C)NC(=O)CNC(=O)c1cc(NC2CC3CCC(C2)N3C)ccc1[N+](=O)[O-]. The fourth-order valence-corrected chi connectivity index (χ4v) is 4.36. The quantitative estimate of drug-likeness (QED) is 0.473. The van der Waals surface area contributed by atoms with Gasteiger partial charge in [0.1, 0.15) is 5.56 Å². The van der Waals surface area contributed by atoms with Crippen molar-refractivity contribution in [3.8, 4) is 0 Å². The van der Waals surface area contributed by atoms with Gasteiger partial charge in [-0.1, -0.05) is 0 Å². The van der Waals surface area contributed by atoms with Gasteiger partial charge in [0, 0.05) is 35.9 Å². The lowest BCUT2D eigenvalue weighted by atomic mass is 9.97. The predicted molar refractivity (Wildman–Crippen MR) is 110 cm³/mol. The molecule has 2 atom stereocenters. The maximum Gasteiger partial charge on any atom is 0.282 e. The number of nitro benzene ring substituents is 1. The number of nitrogens with zero attached hydrogens (tertiary/aromatic N) is 2. The summed E-state index contributed by atoms with van der Waals surface area (Å²) in [5.74, 6) is -0.977. The van der Waals surface area contributed by atoms with Crippen molar-refractivity contribution in [3.05, 3.63) is 33.9 Å². The van der Waals surface area contributed by atoms with Crippen molar-refractivity contribution in [2.75, 3.05) is 18.9 Å². The van der Waals surface area contributed by atoms with E-state index in [4.69, 9.17) is 0 Å². The van der Waals surface area contributed by atoms with E-state index in [-0.39, 0.29) is 35.8 Å². The zero-order chi connectivity index (χ0) is 21.1. The smallest absolute Gasteiger partial charge is 0.282 e. The molecule has 0 aliphatic carbocycles. The highest BCUT2D eigenvalue weighted by Gasteiger charge is 2.38. The Labute approximate surface area is 170 Å². The summed E-state index contributed by atoms with van der Waals surface area (Å²) in [7, 11) is 2.17. The lowest BCUT2D eigenvalue weighted by molar-refractivity contribution is -0.385. The molecular formula is C20H29N5O4. The lowest BCUT2D eigenvalue weighted by Crippen LogP contribution is -2.44. The maximum absolute atomic E-state index is 12.5. The summed E-state index contributed by atoms with van der Waals surface area (Å²) in [5.41, 5.74) is 0.357. The zero-order valence-corrected chi connectivity index (χ0v) is 17.1. The first kappa shape index (κ1) is 21.0. The van der Waals surface area contributed by atoms with Crippen LogP contribution in [0.5, 0.6) is 0 Å². The highest BCUT2D eigenvalue weighted by molar-refractivity contribution is 6.00. The Morgan fingerprint density at radius 1 is 1.24 bits per heavy atom. The topological polar surface area (TPSA) is 117 Å². The van der Waals surface area contributed by atoms with Gasteiger partial charge in [-0.15, -0.1) is 0 Å². The first-order chi connectivity index (χ1) is 13.7. The number of piperidine rings is 1. The fraction of sp³-hybridized carbons (Fsp3) is 0.600. The summed E-state index contributed by atoms with van der Waals surface area (Å²) in [5, 5.41) is 19.9. The molecule has 2 unspecified atom stereocenters. The molecule has 1 aromatic carbocycles. The molecule has 3 N–H and O–H groups in total. The van der Waals surface area contributed by atoms with Gasteiger partial charge in [0.25, 0.3) is 11.6 Å². The highest BCUT2D eigenvalue weighted by atomic mass is 16.6. The molecule has 0 radical (unpaired) electrons. The molecule has 2 aliphatic heterocycles. The number of hydrogen-bond donors (Lipinski definition) is 3. The number of hydrogen-bond acceptors (Lipinski definition) is 6. The van der Waals surface area contributed by atoms with Crippen LogP contribution in [0.1, 0.15) is 49.9 Å². The molecular weight excluding hydrogens is 374 g/mol. The van der Waals surface area contributed by atoms with Crippen LogP contribution in [0.25, 0.3) is 0 Å². The van der Waals surface area contributed by atoms with E-state index < -0.39 is 10.8 Å². The van der Waals surface area contributed by atoms with Crippen LogP contribution in [0.4, 0.5) is 11.4 Å². The predicted octanol–water partition coefficient (Wildman–Crippen LogP) is 1.89. The van der Waals surface area contributed by atoms with Gasteiger partial charge in [0.15, 0.2) is 0 Å². The second-order valence-electron chi connectivity index (χ2n) is 8.26. The monoisotopic (exact) mass is 403 g/mol. The van der Waals surface area contributed by atoms with Crippen molar-refractivity contribution in [3.63, 3.8) is 0 Å². The number of amides is 2. The molecule has 9 heteroatoms. The third kappa shape index (κ3) is 5.03. The second-order valence-corrected chi connectivity index (χ2v) is 8.26. The number of carbonyl (C=O) groups excluding carboxylic acids is 2. The number of rotatable bonds is 7. The summed E-state index contributed by atoms with van der Waals surface area (Å²) in [4.78, 5) is 37.5. The molecule has 3 rings (SSSR count). The van der Waals surface area contributed by atoms with E-state index in [0.717, 1.165) is 12.8 Å². The largest absolute Gasteiger partial charge is 0.382 e. The Morgan fingerprint density at radius 3 is 2.48 bits per heavy atom. The summed E-state index contributed by atoms with van der Waals surface area (Å²) in [6.45, 7) is 3.40. The minimum atomic E-state index is -0.636. The van der Waals surface area contributed by atoms with Gasteiger partial charge in [-0.2, -0.15) is 0 Å². The van der Waals surface area contributed by atoms with Crippen LogP contribution in [0, 0.1) is 10.1 Å². The maximum atomic E-state index is 12.5. The van der Waals surface area contributed by atoms with E-state index in [2.05, 4.69) is 27.9 Å². The molecule has 2 aliphatic rings. The summed E-state index contributed by atoms with van der Waals surface area (Å²) in [6, 6.07) is 5.84. The standard InChI is InChI=1S/C20H29N5O4/c1-12(2)22-19(26)11-21-20(27)17-10-13(4-7-18(17)25(28)29)23-14-8-15-5-6-16(9-14)24(15)3/h4,7,10,12,14-16,23H,5-6,8-9,11H2,1-3H3,(H,21,27)(H,22,26). The molecule has 2 heterocycles. The van der Waals surface area contributed by atoms with Crippen LogP contribution in [-0.2, 0) is 4.79 Å². The van der Waals surface area contributed by atoms with Crippen LogP contribution in [0.15, 0.2) is 18.2 Å². The summed E-state index contributed by atoms with van der Waals surface area (Å²) >= 11 is 0. The van der Waals surface area contributed by atoms with Crippen LogP contribution in [-0.4, -0.2) is 59.4 Å². The number of nitro groups is 1. The van der Waals surface area contributed by atoms with Gasteiger partial charge in [-0.25, -0.2) is 0 Å². The zero-order valence-electron chi connectivity index (χ0n) is 17.1. The average molecular weight is 403 g/mol. The summed E-state index contributed by atoms with van der Waals surface area (Å²) in [6.07, 6.45) is 4.43. The molecule has 9 nitrogen and oxygen atoms in total. The van der Waals surface area contributed by atoms with Crippen molar-refractivity contribution in [1.82, 2.24) is 15.5 Å². The average Bonchev–Trinajstić information content (AvgIpc) is 2.86. The van der Waals surface area contributed by atoms with Crippen molar-refractivity contribution in [1.29, 1.82) is 0 Å². The van der Waals surface area contributed by atoms with E-state index in [0.29, 0.717) is 17.8 Å². The third-order valence-electron chi connectivity index (χ3n) is 5.77. The Balaban J connectivity index is 1.70. The Morgan fingerprint density at radius 2 is 1.90 bits per heavy atom. The lowest BCUT2D eigenvalue weighted by Gasteiger charge is -2.37. The second kappa shape index (κ2) is 8.77. The van der Waals surface area contributed by atoms with Crippen molar-refractivity contribution in [2.45, 2.75) is 63.7 Å².